The zero-order chi connectivity index (χ0) is 15.6. The van der Waals surface area contributed by atoms with Gasteiger partial charge in [0.1, 0.15) is 5.82 Å². The van der Waals surface area contributed by atoms with E-state index in [1.807, 2.05) is 0 Å². The minimum absolute atomic E-state index is 0.111. The van der Waals surface area contributed by atoms with Crippen molar-refractivity contribution >= 4 is 56.7 Å². The van der Waals surface area contributed by atoms with Gasteiger partial charge in [0.25, 0.3) is 0 Å². The van der Waals surface area contributed by atoms with Crippen LogP contribution >= 0.6 is 50.7 Å². The summed E-state index contributed by atoms with van der Waals surface area (Å²) in [6.45, 7) is 2.99. The molecule has 0 fully saturated rings. The number of hydrogen-bond donors (Lipinski definition) is 0. The molecule has 0 saturated heterocycles. The lowest BCUT2D eigenvalue weighted by Gasteiger charge is -2.38. The van der Waals surface area contributed by atoms with Crippen LogP contribution in [-0.4, -0.2) is 14.6 Å². The predicted molar refractivity (Wildman–Crippen MR) is 83.1 cm³/mol. The van der Waals surface area contributed by atoms with Gasteiger partial charge in [-0.25, -0.2) is 4.39 Å². The fourth-order valence-corrected chi connectivity index (χ4v) is 3.07. The van der Waals surface area contributed by atoms with E-state index in [0.29, 0.717) is 5.56 Å². The summed E-state index contributed by atoms with van der Waals surface area (Å²) in [5, 5.41) is 0. The van der Waals surface area contributed by atoms with Gasteiger partial charge in [-0.15, -0.1) is 0 Å². The molecule has 112 valence electrons. The van der Waals surface area contributed by atoms with Crippen LogP contribution in [0.15, 0.2) is 24.3 Å². The molecule has 1 rings (SSSR count). The molecule has 2 atom stereocenters. The van der Waals surface area contributed by atoms with Gasteiger partial charge in [0, 0.05) is 13.3 Å². The molecule has 0 bridgehead atoms. The van der Waals surface area contributed by atoms with Crippen molar-refractivity contribution in [1.82, 2.24) is 0 Å². The van der Waals surface area contributed by atoms with Gasteiger partial charge in [-0.05, 0) is 24.6 Å². The van der Waals surface area contributed by atoms with E-state index in [4.69, 9.17) is 39.5 Å². The molecule has 1 aromatic rings. The summed E-state index contributed by atoms with van der Waals surface area (Å²) in [4.78, 5) is 11.0. The fraction of sp³-hybridized carbons (Fsp3) is 0.462. The first-order valence-corrected chi connectivity index (χ1v) is 7.78. The molecule has 1 aromatic carbocycles. The lowest BCUT2D eigenvalue weighted by Crippen LogP contribution is -2.42. The summed E-state index contributed by atoms with van der Waals surface area (Å²) in [6, 6.07) is 5.68. The zero-order valence-corrected chi connectivity index (χ0v) is 14.7. The average molecular weight is 407 g/mol. The molecule has 0 aromatic heterocycles. The van der Waals surface area contributed by atoms with E-state index in [0.717, 1.165) is 0 Å². The highest BCUT2D eigenvalue weighted by atomic mass is 79.9. The number of halogens is 5. The van der Waals surface area contributed by atoms with E-state index >= 15 is 0 Å². The van der Waals surface area contributed by atoms with E-state index < -0.39 is 26.0 Å². The second-order valence-corrected chi connectivity index (χ2v) is 8.29. The van der Waals surface area contributed by atoms with Crippen LogP contribution in [0.3, 0.4) is 0 Å². The maximum atomic E-state index is 13.5. The van der Waals surface area contributed by atoms with Crippen molar-refractivity contribution in [3.05, 3.63) is 35.6 Å². The Labute approximate surface area is 140 Å². The number of alkyl halides is 4. The average Bonchev–Trinajstić information content (AvgIpc) is 2.25. The summed E-state index contributed by atoms with van der Waals surface area (Å²) < 4.78 is 17.2. The number of esters is 1. The topological polar surface area (TPSA) is 26.3 Å². The molecule has 2 nitrogen and oxygen atoms in total. The Bertz CT molecular complexity index is 491. The van der Waals surface area contributed by atoms with E-state index in [1.165, 1.54) is 25.1 Å². The SMILES string of the molecule is CC(=O)OC(CC(Cl)(Cl)Cl)(c1cccc(F)c1)C(C)Br. The van der Waals surface area contributed by atoms with Gasteiger partial charge in [0.2, 0.25) is 0 Å². The van der Waals surface area contributed by atoms with Crippen molar-refractivity contribution in [3.8, 4) is 0 Å². The van der Waals surface area contributed by atoms with Gasteiger partial charge < -0.3 is 4.74 Å². The molecule has 2 unspecified atom stereocenters. The zero-order valence-electron chi connectivity index (χ0n) is 10.8. The Hall–Kier alpha value is -0.0300. The quantitative estimate of drug-likeness (QED) is 0.512. The highest BCUT2D eigenvalue weighted by molar-refractivity contribution is 9.09. The Morgan fingerprint density at radius 2 is 2.05 bits per heavy atom. The number of hydrogen-bond acceptors (Lipinski definition) is 2. The molecule has 20 heavy (non-hydrogen) atoms. The van der Waals surface area contributed by atoms with Gasteiger partial charge in [-0.3, -0.25) is 4.79 Å². The monoisotopic (exact) mass is 404 g/mol. The molecule has 0 amide bonds. The van der Waals surface area contributed by atoms with E-state index in [9.17, 15) is 9.18 Å². The summed E-state index contributed by atoms with van der Waals surface area (Å²) in [5.41, 5.74) is -0.859. The first-order chi connectivity index (χ1) is 9.07. The van der Waals surface area contributed by atoms with Crippen LogP contribution in [0.2, 0.25) is 0 Å². The molecule has 0 aliphatic rings. The van der Waals surface area contributed by atoms with Crippen LogP contribution in [0, 0.1) is 5.82 Å². The maximum Gasteiger partial charge on any atom is 0.303 e. The van der Waals surface area contributed by atoms with Crippen LogP contribution < -0.4 is 0 Å². The van der Waals surface area contributed by atoms with Crippen molar-refractivity contribution in [3.63, 3.8) is 0 Å². The van der Waals surface area contributed by atoms with E-state index in [1.54, 1.807) is 13.0 Å². The third-order valence-electron chi connectivity index (χ3n) is 2.74. The van der Waals surface area contributed by atoms with Crippen molar-refractivity contribution in [1.29, 1.82) is 0 Å². The van der Waals surface area contributed by atoms with Gasteiger partial charge in [0.15, 0.2) is 9.39 Å². The summed E-state index contributed by atoms with van der Waals surface area (Å²) in [5.74, 6) is -1.01. The highest BCUT2D eigenvalue weighted by Gasteiger charge is 2.46. The molecule has 0 spiro atoms. The van der Waals surface area contributed by atoms with Gasteiger partial charge in [-0.1, -0.05) is 62.9 Å². The Kier molecular flexibility index (Phi) is 6.14. The Balaban J connectivity index is 3.40. The maximum absolute atomic E-state index is 13.5. The number of ether oxygens (including phenoxy) is 1. The van der Waals surface area contributed by atoms with Crippen molar-refractivity contribution < 1.29 is 13.9 Å². The lowest BCUT2D eigenvalue weighted by atomic mass is 9.87. The number of rotatable bonds is 4. The molecule has 0 heterocycles. The first-order valence-electron chi connectivity index (χ1n) is 5.73. The molecule has 0 aliphatic heterocycles. The number of benzene rings is 1. The van der Waals surface area contributed by atoms with Crippen molar-refractivity contribution in [2.45, 2.75) is 34.5 Å². The minimum Gasteiger partial charge on any atom is -0.453 e. The molecular formula is C13H13BrCl3FO2. The number of carbonyl (C=O) groups is 1. The molecule has 0 N–H and O–H groups in total. The smallest absolute Gasteiger partial charge is 0.303 e. The minimum atomic E-state index is -1.66. The molecule has 0 aliphatic carbocycles. The highest BCUT2D eigenvalue weighted by Crippen LogP contribution is 2.46. The summed E-state index contributed by atoms with van der Waals surface area (Å²) in [7, 11) is 0. The van der Waals surface area contributed by atoms with Crippen LogP contribution in [0.1, 0.15) is 25.8 Å². The van der Waals surface area contributed by atoms with Crippen molar-refractivity contribution in [2.24, 2.45) is 0 Å². The largest absolute Gasteiger partial charge is 0.453 e. The number of carbonyl (C=O) groups excluding carboxylic acids is 1. The summed E-state index contributed by atoms with van der Waals surface area (Å²) in [6.07, 6.45) is -0.111. The Morgan fingerprint density at radius 3 is 2.45 bits per heavy atom. The van der Waals surface area contributed by atoms with Crippen LogP contribution in [0.25, 0.3) is 0 Å². The third kappa shape index (κ3) is 4.76. The van der Waals surface area contributed by atoms with Crippen LogP contribution in [0.5, 0.6) is 0 Å². The first kappa shape index (κ1) is 18.0. The Morgan fingerprint density at radius 1 is 1.45 bits per heavy atom. The van der Waals surface area contributed by atoms with Crippen LogP contribution in [0.4, 0.5) is 4.39 Å². The molecular weight excluding hydrogens is 393 g/mol. The standard InChI is InChI=1S/C13H13BrCl3FO2/c1-8(14)12(20-9(2)19,7-13(15,16)17)10-4-3-5-11(18)6-10/h3-6,8H,7H2,1-2H3. The second kappa shape index (κ2) is 6.82. The predicted octanol–water partition coefficient (Wildman–Crippen LogP) is 5.13. The normalized spacial score (nSPS) is 16.4. The summed E-state index contributed by atoms with van der Waals surface area (Å²) >= 11 is 20.9. The fourth-order valence-electron chi connectivity index (χ4n) is 1.95. The van der Waals surface area contributed by atoms with Crippen LogP contribution in [-0.2, 0) is 15.1 Å². The van der Waals surface area contributed by atoms with Gasteiger partial charge in [0.05, 0.1) is 4.83 Å². The molecule has 0 radical (unpaired) electrons. The molecule has 0 saturated carbocycles. The van der Waals surface area contributed by atoms with Crippen molar-refractivity contribution in [2.75, 3.05) is 0 Å². The second-order valence-electron chi connectivity index (χ2n) is 4.40. The van der Waals surface area contributed by atoms with E-state index in [-0.39, 0.29) is 6.42 Å². The van der Waals surface area contributed by atoms with Gasteiger partial charge in [-0.2, -0.15) is 0 Å². The molecule has 7 heteroatoms. The van der Waals surface area contributed by atoms with Gasteiger partial charge >= 0.3 is 5.97 Å². The third-order valence-corrected chi connectivity index (χ3v) is 3.89. The lowest BCUT2D eigenvalue weighted by molar-refractivity contribution is -0.158. The van der Waals surface area contributed by atoms with E-state index in [2.05, 4.69) is 15.9 Å².